The Morgan fingerprint density at radius 2 is 1.58 bits per heavy atom. The topological polar surface area (TPSA) is 121 Å². The fraction of sp³-hybridized carbons (Fsp3) is 0.105. The maximum Gasteiger partial charge on any atom is 0.374 e. The molecule has 1 atom stereocenters. The minimum Gasteiger partial charge on any atom is -0.502 e. The predicted octanol–water partition coefficient (Wildman–Crippen LogP) is 2.52. The van der Waals surface area contributed by atoms with Gasteiger partial charge in [0.15, 0.2) is 0 Å². The fourth-order valence-electron chi connectivity index (χ4n) is 2.84. The summed E-state index contributed by atoms with van der Waals surface area (Å²) in [7, 11) is 0. The minimum absolute atomic E-state index is 0.00812. The molecule has 0 aliphatic carbocycles. The van der Waals surface area contributed by atoms with Crippen molar-refractivity contribution in [1.29, 1.82) is 0 Å². The molecule has 0 saturated heterocycles. The number of carbonyl (C=O) groups excluding carboxylic acids is 1. The summed E-state index contributed by atoms with van der Waals surface area (Å²) < 4.78 is 5.19. The number of cyclic esters (lactones) is 1. The van der Waals surface area contributed by atoms with Gasteiger partial charge in [-0.3, -0.25) is 0 Å². The van der Waals surface area contributed by atoms with Crippen molar-refractivity contribution < 1.29 is 34.4 Å². The molecule has 2 aromatic rings. The van der Waals surface area contributed by atoms with Crippen LogP contribution in [0.5, 0.6) is 0 Å². The van der Waals surface area contributed by atoms with Gasteiger partial charge < -0.3 is 20.1 Å². The number of aliphatic hydroxyl groups excluding tert-OH is 1. The summed E-state index contributed by atoms with van der Waals surface area (Å²) in [6.45, 7) is 0. The van der Waals surface area contributed by atoms with Crippen LogP contribution < -0.4 is 0 Å². The van der Waals surface area contributed by atoms with Crippen molar-refractivity contribution in [2.24, 2.45) is 0 Å². The molecule has 7 heteroatoms. The summed E-state index contributed by atoms with van der Waals surface area (Å²) in [4.78, 5) is 34.1. The third-order valence-electron chi connectivity index (χ3n) is 4.04. The number of esters is 1. The van der Waals surface area contributed by atoms with Gasteiger partial charge in [0.05, 0.1) is 11.1 Å². The Kier molecular flexibility index (Phi) is 4.45. The van der Waals surface area contributed by atoms with Crippen molar-refractivity contribution >= 4 is 23.5 Å². The van der Waals surface area contributed by atoms with Gasteiger partial charge >= 0.3 is 17.9 Å². The second-order valence-corrected chi connectivity index (χ2v) is 5.75. The van der Waals surface area contributed by atoms with Crippen LogP contribution in [0.1, 0.15) is 31.8 Å². The number of rotatable bonds is 5. The smallest absolute Gasteiger partial charge is 0.374 e. The fourth-order valence-corrected chi connectivity index (χ4v) is 2.84. The molecule has 0 fully saturated rings. The van der Waals surface area contributed by atoms with Gasteiger partial charge in [-0.25, -0.2) is 14.4 Å². The summed E-state index contributed by atoms with van der Waals surface area (Å²) in [6.07, 6.45) is -0.709. The van der Waals surface area contributed by atoms with E-state index in [9.17, 15) is 19.5 Å². The Balaban J connectivity index is 1.96. The maximum atomic E-state index is 11.8. The predicted molar refractivity (Wildman–Crippen MR) is 89.9 cm³/mol. The van der Waals surface area contributed by atoms with Crippen LogP contribution in [-0.2, 0) is 16.0 Å². The highest BCUT2D eigenvalue weighted by molar-refractivity contribution is 6.01. The lowest BCUT2D eigenvalue weighted by Gasteiger charge is -2.15. The zero-order valence-electron chi connectivity index (χ0n) is 13.4. The molecule has 0 spiro atoms. The van der Waals surface area contributed by atoms with Gasteiger partial charge in [-0.05, 0) is 35.4 Å². The molecule has 0 radical (unpaired) electrons. The molecule has 7 nitrogen and oxygen atoms in total. The third-order valence-corrected chi connectivity index (χ3v) is 4.04. The molecule has 2 aromatic carbocycles. The van der Waals surface area contributed by atoms with Gasteiger partial charge in [-0.1, -0.05) is 24.3 Å². The molecular formula is C19H14O7. The number of ether oxygens (including phenoxy) is 1. The monoisotopic (exact) mass is 354 g/mol. The van der Waals surface area contributed by atoms with Crippen LogP contribution in [-0.4, -0.2) is 39.3 Å². The van der Waals surface area contributed by atoms with Gasteiger partial charge in [-0.15, -0.1) is 0 Å². The largest absolute Gasteiger partial charge is 0.502 e. The Bertz CT molecular complexity index is 942. The lowest BCUT2D eigenvalue weighted by atomic mass is 9.94. The van der Waals surface area contributed by atoms with Crippen LogP contribution in [0.2, 0.25) is 0 Å². The number of aliphatic hydroxyl groups is 1. The molecule has 1 aliphatic rings. The Labute approximate surface area is 147 Å². The van der Waals surface area contributed by atoms with E-state index in [1.165, 1.54) is 30.3 Å². The van der Waals surface area contributed by atoms with Gasteiger partial charge in [0, 0.05) is 12.0 Å². The van der Waals surface area contributed by atoms with Crippen LogP contribution in [0.3, 0.4) is 0 Å². The van der Waals surface area contributed by atoms with E-state index < -0.39 is 29.8 Å². The zero-order chi connectivity index (χ0) is 18.8. The van der Waals surface area contributed by atoms with Gasteiger partial charge in [0.1, 0.15) is 6.10 Å². The summed E-state index contributed by atoms with van der Waals surface area (Å²) in [5.74, 6) is -3.70. The number of aromatic carboxylic acids is 2. The average Bonchev–Trinajstić information content (AvgIpc) is 2.89. The lowest BCUT2D eigenvalue weighted by molar-refractivity contribution is -0.141. The van der Waals surface area contributed by atoms with Crippen LogP contribution in [0.15, 0.2) is 54.3 Å². The number of hydrogen-bond donors (Lipinski definition) is 3. The van der Waals surface area contributed by atoms with Crippen molar-refractivity contribution in [3.63, 3.8) is 0 Å². The van der Waals surface area contributed by atoms with Crippen LogP contribution >= 0.6 is 0 Å². The lowest BCUT2D eigenvalue weighted by Crippen LogP contribution is -2.15. The SMILES string of the molecule is O=C1O[C@@H](Cc2cccc(C(=O)O)c2)C(c2cccc(C(=O)O)c2)=C1O. The molecular weight excluding hydrogens is 340 g/mol. The zero-order valence-corrected chi connectivity index (χ0v) is 13.4. The number of carbonyl (C=O) groups is 3. The highest BCUT2D eigenvalue weighted by Crippen LogP contribution is 2.33. The first-order valence-corrected chi connectivity index (χ1v) is 7.67. The van der Waals surface area contributed by atoms with E-state index in [2.05, 4.69) is 0 Å². The van der Waals surface area contributed by atoms with Gasteiger partial charge in [0.2, 0.25) is 5.76 Å². The quantitative estimate of drug-likeness (QED) is 0.705. The van der Waals surface area contributed by atoms with Crippen molar-refractivity contribution in [2.45, 2.75) is 12.5 Å². The summed E-state index contributed by atoms with van der Waals surface area (Å²) in [6, 6.07) is 12.0. The Hall–Kier alpha value is -3.61. The molecule has 0 bridgehead atoms. The van der Waals surface area contributed by atoms with E-state index in [-0.39, 0.29) is 23.1 Å². The van der Waals surface area contributed by atoms with Crippen LogP contribution in [0, 0.1) is 0 Å². The van der Waals surface area contributed by atoms with Crippen LogP contribution in [0.4, 0.5) is 0 Å². The number of carboxylic acids is 2. The molecule has 26 heavy (non-hydrogen) atoms. The first-order valence-electron chi connectivity index (χ1n) is 7.67. The van der Waals surface area contributed by atoms with E-state index in [4.69, 9.17) is 14.9 Å². The van der Waals surface area contributed by atoms with E-state index in [0.29, 0.717) is 11.1 Å². The Morgan fingerprint density at radius 1 is 0.962 bits per heavy atom. The molecule has 132 valence electrons. The van der Waals surface area contributed by atoms with Crippen molar-refractivity contribution in [3.8, 4) is 0 Å². The third kappa shape index (κ3) is 3.27. The second kappa shape index (κ2) is 6.72. The molecule has 3 rings (SSSR count). The minimum atomic E-state index is -1.14. The van der Waals surface area contributed by atoms with E-state index in [1.807, 2.05) is 0 Å². The summed E-state index contributed by atoms with van der Waals surface area (Å²) >= 11 is 0. The van der Waals surface area contributed by atoms with Crippen molar-refractivity contribution in [3.05, 3.63) is 76.5 Å². The molecule has 0 unspecified atom stereocenters. The van der Waals surface area contributed by atoms with E-state index in [0.717, 1.165) is 0 Å². The molecule has 0 aromatic heterocycles. The van der Waals surface area contributed by atoms with Crippen molar-refractivity contribution in [1.82, 2.24) is 0 Å². The average molecular weight is 354 g/mol. The van der Waals surface area contributed by atoms with E-state index >= 15 is 0 Å². The summed E-state index contributed by atoms with van der Waals surface area (Å²) in [5.41, 5.74) is 1.24. The second-order valence-electron chi connectivity index (χ2n) is 5.75. The highest BCUT2D eigenvalue weighted by Gasteiger charge is 2.35. The standard InChI is InChI=1S/C19H14O7/c20-16-15(11-4-2-6-13(9-11)18(23)24)14(26-19(16)25)8-10-3-1-5-12(7-10)17(21)22/h1-7,9,14,20H,8H2,(H,21,22)(H,23,24)/t14-/m0/s1. The van der Waals surface area contributed by atoms with Gasteiger partial charge in [-0.2, -0.15) is 0 Å². The molecule has 1 heterocycles. The van der Waals surface area contributed by atoms with Crippen molar-refractivity contribution in [2.75, 3.05) is 0 Å². The molecule has 1 aliphatic heterocycles. The molecule has 3 N–H and O–H groups in total. The number of benzene rings is 2. The first-order chi connectivity index (χ1) is 12.4. The highest BCUT2D eigenvalue weighted by atomic mass is 16.6. The number of hydrogen-bond acceptors (Lipinski definition) is 5. The molecule has 0 saturated carbocycles. The number of carboxylic acid groups (broad SMARTS) is 2. The van der Waals surface area contributed by atoms with Gasteiger partial charge in [0.25, 0.3) is 0 Å². The summed E-state index contributed by atoms with van der Waals surface area (Å²) in [5, 5.41) is 28.3. The van der Waals surface area contributed by atoms with E-state index in [1.54, 1.807) is 18.2 Å². The van der Waals surface area contributed by atoms with Crippen LogP contribution in [0.25, 0.3) is 5.57 Å². The first kappa shape index (κ1) is 17.2. The normalized spacial score (nSPS) is 16.5. The molecule has 0 amide bonds. The maximum absolute atomic E-state index is 11.8. The Morgan fingerprint density at radius 3 is 2.23 bits per heavy atom.